The topological polar surface area (TPSA) is 128 Å². The molecule has 3 N–H and O–H groups in total. The number of aryl methyl sites for hydroxylation is 2. The third-order valence-corrected chi connectivity index (χ3v) is 6.30. The van der Waals surface area contributed by atoms with Gasteiger partial charge in [0.1, 0.15) is 11.8 Å². The summed E-state index contributed by atoms with van der Waals surface area (Å²) in [4.78, 5) is 33.8. The van der Waals surface area contributed by atoms with Crippen LogP contribution >= 0.6 is 0 Å². The van der Waals surface area contributed by atoms with Crippen molar-refractivity contribution in [2.24, 2.45) is 7.05 Å². The van der Waals surface area contributed by atoms with E-state index in [1.807, 2.05) is 36.0 Å². The number of amides is 3. The lowest BCUT2D eigenvalue weighted by atomic mass is 10.1. The first-order valence-electron chi connectivity index (χ1n) is 12.3. The summed E-state index contributed by atoms with van der Waals surface area (Å²) < 4.78 is 24.1. The third kappa shape index (κ3) is 4.97. The predicted octanol–water partition coefficient (Wildman–Crippen LogP) is 4.72. The fraction of sp³-hybridized carbons (Fsp3) is 0.107. The molecule has 3 aromatic heterocycles. The zero-order valence-electron chi connectivity index (χ0n) is 21.4. The van der Waals surface area contributed by atoms with Crippen molar-refractivity contribution in [1.82, 2.24) is 29.6 Å². The smallest absolute Gasteiger partial charge is 0.320 e. The summed E-state index contributed by atoms with van der Waals surface area (Å²) in [5.74, 6) is -0.684. The highest BCUT2D eigenvalue weighted by Crippen LogP contribution is 2.33. The molecule has 40 heavy (non-hydrogen) atoms. The number of imidazole rings is 1. The Morgan fingerprint density at radius 2 is 1.98 bits per heavy atom. The highest BCUT2D eigenvalue weighted by molar-refractivity contribution is 6.05. The zero-order chi connectivity index (χ0) is 27.8. The Balaban J connectivity index is 1.11. The molecule has 0 aliphatic carbocycles. The molecule has 1 atom stereocenters. The fourth-order valence-corrected chi connectivity index (χ4v) is 4.39. The van der Waals surface area contributed by atoms with E-state index in [2.05, 4.69) is 31.0 Å². The molecule has 0 saturated carbocycles. The summed E-state index contributed by atoms with van der Waals surface area (Å²) in [7, 11) is 1.80. The fourth-order valence-electron chi connectivity index (χ4n) is 4.39. The van der Waals surface area contributed by atoms with Crippen molar-refractivity contribution in [1.29, 1.82) is 0 Å². The summed E-state index contributed by atoms with van der Waals surface area (Å²) in [5.41, 5.74) is 4.52. The molecule has 1 aliphatic heterocycles. The second kappa shape index (κ2) is 9.98. The van der Waals surface area contributed by atoms with Crippen molar-refractivity contribution < 1.29 is 18.7 Å². The van der Waals surface area contributed by atoms with E-state index in [0.717, 1.165) is 23.0 Å². The first-order chi connectivity index (χ1) is 19.3. The molecule has 0 bridgehead atoms. The molecule has 6 rings (SSSR count). The number of anilines is 2. The van der Waals surface area contributed by atoms with Crippen LogP contribution < -0.4 is 20.7 Å². The first-order valence-corrected chi connectivity index (χ1v) is 12.3. The number of nitrogens with one attached hydrogen (secondary N) is 3. The summed E-state index contributed by atoms with van der Waals surface area (Å²) in [6.07, 6.45) is 8.60. The maximum absolute atomic E-state index is 14.9. The molecular formula is C28H23FN8O3. The van der Waals surface area contributed by atoms with E-state index in [1.54, 1.807) is 48.6 Å². The number of rotatable bonds is 6. The Morgan fingerprint density at radius 1 is 1.10 bits per heavy atom. The van der Waals surface area contributed by atoms with Crippen LogP contribution in [0.25, 0.3) is 16.9 Å². The molecule has 11 nitrogen and oxygen atoms in total. The van der Waals surface area contributed by atoms with Crippen LogP contribution in [0.15, 0.2) is 79.6 Å². The number of carbonyl (C=O) groups is 2. The van der Waals surface area contributed by atoms with Gasteiger partial charge in [0.15, 0.2) is 11.6 Å². The Kier molecular flexibility index (Phi) is 6.19. The average molecular weight is 539 g/mol. The second-order valence-electron chi connectivity index (χ2n) is 9.24. The largest absolute Gasteiger partial charge is 0.454 e. The van der Waals surface area contributed by atoms with Gasteiger partial charge in [0, 0.05) is 66.0 Å². The van der Waals surface area contributed by atoms with E-state index >= 15 is 0 Å². The van der Waals surface area contributed by atoms with Crippen LogP contribution in [0.1, 0.15) is 17.3 Å². The Bertz CT molecular complexity index is 1760. The molecule has 0 saturated heterocycles. The van der Waals surface area contributed by atoms with Crippen LogP contribution in [0.3, 0.4) is 0 Å². The van der Waals surface area contributed by atoms with Crippen molar-refractivity contribution in [2.45, 2.75) is 13.0 Å². The summed E-state index contributed by atoms with van der Waals surface area (Å²) >= 11 is 0. The van der Waals surface area contributed by atoms with Gasteiger partial charge in [-0.1, -0.05) is 6.07 Å². The van der Waals surface area contributed by atoms with Crippen LogP contribution in [0.4, 0.5) is 20.6 Å². The monoisotopic (exact) mass is 538 g/mol. The zero-order valence-corrected chi connectivity index (χ0v) is 21.4. The van der Waals surface area contributed by atoms with Gasteiger partial charge in [0.2, 0.25) is 0 Å². The number of urea groups is 1. The Labute approximate surface area is 227 Å². The van der Waals surface area contributed by atoms with E-state index in [1.165, 1.54) is 12.1 Å². The van der Waals surface area contributed by atoms with Crippen molar-refractivity contribution in [3.05, 3.63) is 96.7 Å². The van der Waals surface area contributed by atoms with Crippen molar-refractivity contribution in [3.8, 4) is 28.4 Å². The van der Waals surface area contributed by atoms with Gasteiger partial charge in [-0.25, -0.2) is 14.2 Å². The highest BCUT2D eigenvalue weighted by atomic mass is 19.1. The van der Waals surface area contributed by atoms with Crippen LogP contribution in [-0.4, -0.2) is 36.3 Å². The lowest BCUT2D eigenvalue weighted by molar-refractivity contribution is -0.117. The van der Waals surface area contributed by atoms with E-state index in [-0.39, 0.29) is 17.3 Å². The summed E-state index contributed by atoms with van der Waals surface area (Å²) in [6.45, 7) is 1.89. The Morgan fingerprint density at radius 3 is 2.73 bits per heavy atom. The minimum Gasteiger partial charge on any atom is -0.454 e. The number of pyridine rings is 1. The van der Waals surface area contributed by atoms with Gasteiger partial charge in [-0.3, -0.25) is 14.5 Å². The van der Waals surface area contributed by atoms with Gasteiger partial charge in [0.05, 0.1) is 23.9 Å². The molecule has 200 valence electrons. The lowest BCUT2D eigenvalue weighted by Gasteiger charge is -2.14. The number of fused-ring (bicyclic) bond motifs is 1. The van der Waals surface area contributed by atoms with Crippen LogP contribution in [0, 0.1) is 12.7 Å². The highest BCUT2D eigenvalue weighted by Gasteiger charge is 2.32. The minimum atomic E-state index is -0.901. The lowest BCUT2D eigenvalue weighted by Crippen LogP contribution is -2.36. The molecule has 2 aromatic carbocycles. The predicted molar refractivity (Wildman–Crippen MR) is 145 cm³/mol. The molecular weight excluding hydrogens is 515 g/mol. The number of halogens is 1. The SMILES string of the molecule is Cc1cn(-c2ccc3c(c2)NC(=O)C3NC(=O)Nc2ccc(Oc3ccnc(-c4cnn(C)c4)c3)c(F)c2)cn1. The van der Waals surface area contributed by atoms with Gasteiger partial charge in [0.25, 0.3) is 5.91 Å². The number of aromatic nitrogens is 5. The quantitative estimate of drug-likeness (QED) is 0.287. The number of hydrogen-bond acceptors (Lipinski definition) is 6. The number of benzene rings is 2. The van der Waals surface area contributed by atoms with Gasteiger partial charge in [-0.15, -0.1) is 0 Å². The molecule has 4 heterocycles. The average Bonchev–Trinajstić information content (AvgIpc) is 3.64. The number of ether oxygens (including phenoxy) is 1. The van der Waals surface area contributed by atoms with Gasteiger partial charge >= 0.3 is 6.03 Å². The molecule has 0 radical (unpaired) electrons. The number of nitrogens with zero attached hydrogens (tertiary/aromatic N) is 5. The normalized spacial score (nSPS) is 14.0. The van der Waals surface area contributed by atoms with Crippen molar-refractivity contribution in [3.63, 3.8) is 0 Å². The standard InChI is InChI=1S/C28H23FN8O3/c1-16-13-37(15-31-16)19-4-5-21-24(10-19)34-27(38)26(21)35-28(39)33-18-3-6-25(22(29)9-18)40-20-7-8-30-23(11-20)17-12-32-36(2)14-17/h3-15,26H,1-2H3,(H,34,38)(H2,33,35,39). The molecule has 1 aliphatic rings. The second-order valence-corrected chi connectivity index (χ2v) is 9.24. The van der Waals surface area contributed by atoms with Gasteiger partial charge in [-0.05, 0) is 37.3 Å². The molecule has 0 spiro atoms. The van der Waals surface area contributed by atoms with Crippen molar-refractivity contribution >= 4 is 23.3 Å². The van der Waals surface area contributed by atoms with Crippen molar-refractivity contribution in [2.75, 3.05) is 10.6 Å². The molecule has 1 unspecified atom stereocenters. The van der Waals surface area contributed by atoms with E-state index in [9.17, 15) is 14.0 Å². The van der Waals surface area contributed by atoms with Crippen LogP contribution in [0.2, 0.25) is 0 Å². The summed E-state index contributed by atoms with van der Waals surface area (Å²) in [6, 6.07) is 11.2. The van der Waals surface area contributed by atoms with Crippen LogP contribution in [0.5, 0.6) is 11.5 Å². The minimum absolute atomic E-state index is 0.0257. The Hall–Kier alpha value is -5.52. The molecule has 5 aromatic rings. The number of carbonyl (C=O) groups excluding carboxylic acids is 2. The van der Waals surface area contributed by atoms with Crippen LogP contribution in [-0.2, 0) is 11.8 Å². The number of hydrogen-bond donors (Lipinski definition) is 3. The van der Waals surface area contributed by atoms with Gasteiger partial charge < -0.3 is 25.3 Å². The summed E-state index contributed by atoms with van der Waals surface area (Å²) in [5, 5.41) is 12.1. The van der Waals surface area contributed by atoms with E-state index in [0.29, 0.717) is 22.7 Å². The third-order valence-electron chi connectivity index (χ3n) is 6.30. The molecule has 0 fully saturated rings. The molecule has 12 heteroatoms. The first kappa shape index (κ1) is 24.8. The van der Waals surface area contributed by atoms with E-state index < -0.39 is 17.9 Å². The molecule has 3 amide bonds. The maximum atomic E-state index is 14.9. The maximum Gasteiger partial charge on any atom is 0.320 e. The van der Waals surface area contributed by atoms with Gasteiger partial charge in [-0.2, -0.15) is 5.10 Å². The van der Waals surface area contributed by atoms with E-state index in [4.69, 9.17) is 4.74 Å².